The molecular formula is C21H18ClN3O2. The van der Waals surface area contributed by atoms with E-state index in [1.807, 2.05) is 36.4 Å². The van der Waals surface area contributed by atoms with E-state index in [0.717, 1.165) is 34.6 Å². The van der Waals surface area contributed by atoms with Gasteiger partial charge in [0.05, 0.1) is 18.2 Å². The summed E-state index contributed by atoms with van der Waals surface area (Å²) in [5.74, 6) is -0.265. The zero-order valence-electron chi connectivity index (χ0n) is 14.6. The van der Waals surface area contributed by atoms with E-state index in [1.165, 1.54) is 10.5 Å². The molecule has 2 aromatic carbocycles. The van der Waals surface area contributed by atoms with E-state index >= 15 is 0 Å². The third kappa shape index (κ3) is 2.66. The van der Waals surface area contributed by atoms with E-state index in [1.54, 1.807) is 12.1 Å². The Bertz CT molecular complexity index is 1060. The number of aromatic nitrogens is 1. The van der Waals surface area contributed by atoms with Gasteiger partial charge < -0.3 is 4.98 Å². The number of halogens is 1. The maximum absolute atomic E-state index is 13.0. The molecule has 0 unspecified atom stereocenters. The van der Waals surface area contributed by atoms with Gasteiger partial charge in [0.1, 0.15) is 0 Å². The van der Waals surface area contributed by atoms with Crippen molar-refractivity contribution >= 4 is 40.0 Å². The number of carbonyl (C=O) groups is 2. The predicted molar refractivity (Wildman–Crippen MR) is 105 cm³/mol. The Morgan fingerprint density at radius 1 is 1.07 bits per heavy atom. The molecule has 27 heavy (non-hydrogen) atoms. The van der Waals surface area contributed by atoms with Gasteiger partial charge in [-0.1, -0.05) is 29.8 Å². The fourth-order valence-corrected chi connectivity index (χ4v) is 4.42. The number of H-pyrrole nitrogens is 1. The molecule has 0 aliphatic carbocycles. The number of aromatic amines is 1. The van der Waals surface area contributed by atoms with Crippen LogP contribution in [0.1, 0.15) is 17.7 Å². The first-order chi connectivity index (χ1) is 13.1. The molecule has 1 aromatic heterocycles. The molecular weight excluding hydrogens is 362 g/mol. The van der Waals surface area contributed by atoms with Crippen molar-refractivity contribution in [3.05, 3.63) is 64.8 Å². The molecule has 2 aliphatic rings. The zero-order chi connectivity index (χ0) is 18.5. The molecule has 3 aromatic rings. The van der Waals surface area contributed by atoms with Crippen molar-refractivity contribution in [3.8, 4) is 0 Å². The average Bonchev–Trinajstić information content (AvgIpc) is 3.18. The number of nitrogens with zero attached hydrogens (tertiary/aromatic N) is 2. The van der Waals surface area contributed by atoms with Crippen LogP contribution in [0, 0.1) is 0 Å². The highest BCUT2D eigenvalue weighted by Crippen LogP contribution is 2.33. The lowest BCUT2D eigenvalue weighted by molar-refractivity contribution is -0.123. The predicted octanol–water partition coefficient (Wildman–Crippen LogP) is 3.51. The smallest absolute Gasteiger partial charge is 0.251 e. The Hall–Kier alpha value is -2.63. The fraction of sp³-hybridized carbons (Fsp3) is 0.238. The van der Waals surface area contributed by atoms with Gasteiger partial charge in [-0.05, 0) is 42.3 Å². The lowest BCUT2D eigenvalue weighted by atomic mass is 10.0. The molecule has 2 aliphatic heterocycles. The topological polar surface area (TPSA) is 56.4 Å². The largest absolute Gasteiger partial charge is 0.357 e. The second-order valence-electron chi connectivity index (χ2n) is 7.12. The number of hydrogen-bond acceptors (Lipinski definition) is 3. The van der Waals surface area contributed by atoms with Gasteiger partial charge in [-0.25, -0.2) is 4.90 Å². The van der Waals surface area contributed by atoms with Crippen molar-refractivity contribution in [2.75, 3.05) is 11.4 Å². The zero-order valence-corrected chi connectivity index (χ0v) is 15.4. The highest BCUT2D eigenvalue weighted by Gasteiger charge is 2.43. The SMILES string of the molecule is O=C1C[C@@H](N2CCc3c([nH]c4ccc(Cl)cc34)C2)C(=O)N1c1ccccc1. The van der Waals surface area contributed by atoms with E-state index in [2.05, 4.69) is 9.88 Å². The number of fused-ring (bicyclic) bond motifs is 3. The van der Waals surface area contributed by atoms with E-state index in [-0.39, 0.29) is 18.2 Å². The van der Waals surface area contributed by atoms with Gasteiger partial charge in [0.15, 0.2) is 0 Å². The standard InChI is InChI=1S/C21H18ClN3O2/c22-13-6-7-17-16(10-13)15-8-9-24(12-18(15)23-17)19-11-20(26)25(21(19)27)14-4-2-1-3-5-14/h1-7,10,19,23H,8-9,11-12H2/t19-/m1/s1. The Kier molecular flexibility index (Phi) is 3.81. The number of anilines is 1. The molecule has 5 rings (SSSR count). The Balaban J connectivity index is 1.43. The van der Waals surface area contributed by atoms with Crippen LogP contribution >= 0.6 is 11.6 Å². The van der Waals surface area contributed by atoms with Crippen LogP contribution in [0.15, 0.2) is 48.5 Å². The summed E-state index contributed by atoms with van der Waals surface area (Å²) in [4.78, 5) is 32.4. The van der Waals surface area contributed by atoms with Crippen LogP contribution in [0.2, 0.25) is 5.02 Å². The first-order valence-corrected chi connectivity index (χ1v) is 9.44. The Morgan fingerprint density at radius 3 is 2.70 bits per heavy atom. The second-order valence-corrected chi connectivity index (χ2v) is 7.55. The fourth-order valence-electron chi connectivity index (χ4n) is 4.25. The quantitative estimate of drug-likeness (QED) is 0.693. The third-order valence-corrected chi connectivity index (χ3v) is 5.78. The molecule has 1 saturated heterocycles. The second kappa shape index (κ2) is 6.22. The molecule has 6 heteroatoms. The summed E-state index contributed by atoms with van der Waals surface area (Å²) in [5, 5.41) is 1.87. The number of rotatable bonds is 2. The average molecular weight is 380 g/mol. The summed E-state index contributed by atoms with van der Waals surface area (Å²) in [7, 11) is 0. The van der Waals surface area contributed by atoms with Gasteiger partial charge in [0.2, 0.25) is 5.91 Å². The summed E-state index contributed by atoms with van der Waals surface area (Å²) < 4.78 is 0. The van der Waals surface area contributed by atoms with E-state index in [4.69, 9.17) is 11.6 Å². The Morgan fingerprint density at radius 2 is 1.89 bits per heavy atom. The van der Waals surface area contributed by atoms with Crippen molar-refractivity contribution in [1.29, 1.82) is 0 Å². The van der Waals surface area contributed by atoms with E-state index < -0.39 is 6.04 Å². The summed E-state index contributed by atoms with van der Waals surface area (Å²) in [6.07, 6.45) is 1.06. The van der Waals surface area contributed by atoms with Crippen molar-refractivity contribution < 1.29 is 9.59 Å². The minimum atomic E-state index is -0.402. The molecule has 1 N–H and O–H groups in total. The van der Waals surface area contributed by atoms with Crippen LogP contribution in [-0.2, 0) is 22.6 Å². The van der Waals surface area contributed by atoms with Gasteiger partial charge in [0.25, 0.3) is 5.91 Å². The first kappa shape index (κ1) is 16.5. The molecule has 0 spiro atoms. The summed E-state index contributed by atoms with van der Waals surface area (Å²) in [6.45, 7) is 1.38. The number of benzene rings is 2. The number of amides is 2. The molecule has 0 bridgehead atoms. The number of imide groups is 1. The van der Waals surface area contributed by atoms with Gasteiger partial charge in [-0.3, -0.25) is 14.5 Å². The van der Waals surface area contributed by atoms with Crippen LogP contribution in [0.3, 0.4) is 0 Å². The van der Waals surface area contributed by atoms with Crippen molar-refractivity contribution in [2.24, 2.45) is 0 Å². The normalized spacial score (nSPS) is 20.5. The minimum Gasteiger partial charge on any atom is -0.357 e. The van der Waals surface area contributed by atoms with Gasteiger partial charge in [0, 0.05) is 34.7 Å². The molecule has 2 amide bonds. The van der Waals surface area contributed by atoms with Crippen molar-refractivity contribution in [2.45, 2.75) is 25.4 Å². The lowest BCUT2D eigenvalue weighted by Gasteiger charge is -2.30. The maximum atomic E-state index is 13.0. The van der Waals surface area contributed by atoms with E-state index in [9.17, 15) is 9.59 Å². The van der Waals surface area contributed by atoms with Gasteiger partial charge >= 0.3 is 0 Å². The van der Waals surface area contributed by atoms with Crippen LogP contribution in [0.4, 0.5) is 5.69 Å². The lowest BCUT2D eigenvalue weighted by Crippen LogP contribution is -2.44. The van der Waals surface area contributed by atoms with Crippen LogP contribution in [0.5, 0.6) is 0 Å². The van der Waals surface area contributed by atoms with Crippen molar-refractivity contribution in [1.82, 2.24) is 9.88 Å². The molecule has 5 nitrogen and oxygen atoms in total. The Labute approximate surface area is 161 Å². The monoisotopic (exact) mass is 379 g/mol. The van der Waals surface area contributed by atoms with Crippen molar-refractivity contribution in [3.63, 3.8) is 0 Å². The number of hydrogen-bond donors (Lipinski definition) is 1. The molecule has 3 heterocycles. The maximum Gasteiger partial charge on any atom is 0.251 e. The number of carbonyl (C=O) groups excluding carboxylic acids is 2. The van der Waals surface area contributed by atoms with E-state index in [0.29, 0.717) is 12.2 Å². The molecule has 136 valence electrons. The van der Waals surface area contributed by atoms with Crippen LogP contribution < -0.4 is 4.90 Å². The van der Waals surface area contributed by atoms with Crippen LogP contribution in [0.25, 0.3) is 10.9 Å². The number of nitrogens with one attached hydrogen (secondary N) is 1. The highest BCUT2D eigenvalue weighted by molar-refractivity contribution is 6.31. The molecule has 0 saturated carbocycles. The summed E-state index contributed by atoms with van der Waals surface area (Å²) >= 11 is 6.15. The molecule has 1 fully saturated rings. The summed E-state index contributed by atoms with van der Waals surface area (Å²) in [5.41, 5.74) is 4.08. The molecule has 1 atom stereocenters. The molecule has 0 radical (unpaired) electrons. The van der Waals surface area contributed by atoms with Gasteiger partial charge in [-0.15, -0.1) is 0 Å². The van der Waals surface area contributed by atoms with Crippen LogP contribution in [-0.4, -0.2) is 34.3 Å². The van der Waals surface area contributed by atoms with Gasteiger partial charge in [-0.2, -0.15) is 0 Å². The first-order valence-electron chi connectivity index (χ1n) is 9.07. The third-order valence-electron chi connectivity index (χ3n) is 5.54. The highest BCUT2D eigenvalue weighted by atomic mass is 35.5. The number of para-hydroxylation sites is 1. The summed E-state index contributed by atoms with van der Waals surface area (Å²) in [6, 6.07) is 14.6. The minimum absolute atomic E-state index is 0.131.